The van der Waals surface area contributed by atoms with E-state index in [1.807, 2.05) is 16.8 Å². The van der Waals surface area contributed by atoms with Crippen LogP contribution in [0.25, 0.3) is 0 Å². The molecule has 0 fully saturated rings. The Morgan fingerprint density at radius 2 is 2.17 bits per heavy atom. The highest BCUT2D eigenvalue weighted by atomic mass is 35.5. The molecule has 2 heterocycles. The molecule has 0 amide bonds. The predicted molar refractivity (Wildman–Crippen MR) is 72.0 cm³/mol. The average molecular weight is 283 g/mol. The number of nitrogens with two attached hydrogens (primary N) is 1. The monoisotopic (exact) mass is 282 g/mol. The summed E-state index contributed by atoms with van der Waals surface area (Å²) in [4.78, 5) is 4.19. The highest BCUT2D eigenvalue weighted by molar-refractivity contribution is 6.42. The van der Waals surface area contributed by atoms with Gasteiger partial charge >= 0.3 is 0 Å². The van der Waals surface area contributed by atoms with E-state index in [0.717, 1.165) is 30.8 Å². The number of aromatic nitrogens is 3. The van der Waals surface area contributed by atoms with Gasteiger partial charge in [-0.2, -0.15) is 4.98 Å². The first-order chi connectivity index (χ1) is 8.65. The molecule has 1 aliphatic heterocycles. The maximum atomic E-state index is 6.26. The van der Waals surface area contributed by atoms with Gasteiger partial charge < -0.3 is 5.73 Å². The van der Waals surface area contributed by atoms with E-state index in [1.165, 1.54) is 0 Å². The lowest BCUT2D eigenvalue weighted by Gasteiger charge is -2.23. The zero-order chi connectivity index (χ0) is 12.7. The molecule has 1 unspecified atom stereocenters. The normalized spacial score (nSPS) is 18.7. The van der Waals surface area contributed by atoms with E-state index in [0.29, 0.717) is 21.9 Å². The third-order valence-electron chi connectivity index (χ3n) is 3.30. The van der Waals surface area contributed by atoms with E-state index in [2.05, 4.69) is 10.1 Å². The first kappa shape index (κ1) is 11.8. The van der Waals surface area contributed by atoms with Gasteiger partial charge in [0.1, 0.15) is 5.82 Å². The molecule has 0 bridgehead atoms. The second kappa shape index (κ2) is 4.44. The summed E-state index contributed by atoms with van der Waals surface area (Å²) in [5, 5.41) is 5.42. The molecular formula is C12H12Cl2N4. The summed E-state index contributed by atoms with van der Waals surface area (Å²) >= 11 is 12.3. The van der Waals surface area contributed by atoms with Gasteiger partial charge in [0.15, 0.2) is 0 Å². The summed E-state index contributed by atoms with van der Waals surface area (Å²) in [6.45, 7) is 0.750. The molecule has 1 atom stereocenters. The van der Waals surface area contributed by atoms with E-state index in [-0.39, 0.29) is 0 Å². The molecular weight excluding hydrogens is 271 g/mol. The van der Waals surface area contributed by atoms with Crippen molar-refractivity contribution < 1.29 is 0 Å². The van der Waals surface area contributed by atoms with Crippen molar-refractivity contribution in [3.8, 4) is 0 Å². The van der Waals surface area contributed by atoms with E-state index in [1.54, 1.807) is 6.07 Å². The van der Waals surface area contributed by atoms with Gasteiger partial charge in [-0.1, -0.05) is 35.3 Å². The van der Waals surface area contributed by atoms with E-state index in [9.17, 15) is 0 Å². The Morgan fingerprint density at radius 1 is 1.33 bits per heavy atom. The van der Waals surface area contributed by atoms with Crippen molar-refractivity contribution in [2.75, 3.05) is 5.73 Å². The maximum absolute atomic E-state index is 6.26. The second-order valence-corrected chi connectivity index (χ2v) is 5.23. The van der Waals surface area contributed by atoms with Crippen molar-refractivity contribution in [2.45, 2.75) is 25.3 Å². The largest absolute Gasteiger partial charge is 0.366 e. The van der Waals surface area contributed by atoms with E-state index < -0.39 is 0 Å². The SMILES string of the molecule is Nc1nc2n(n1)CC(c1cccc(Cl)c1Cl)CC2. The Balaban J connectivity index is 1.94. The quantitative estimate of drug-likeness (QED) is 0.875. The number of fused-ring (bicyclic) bond motifs is 1. The van der Waals surface area contributed by atoms with Crippen LogP contribution >= 0.6 is 23.2 Å². The van der Waals surface area contributed by atoms with Crippen LogP contribution in [0.4, 0.5) is 5.95 Å². The third kappa shape index (κ3) is 1.95. The van der Waals surface area contributed by atoms with Crippen molar-refractivity contribution in [2.24, 2.45) is 0 Å². The molecule has 0 spiro atoms. The zero-order valence-electron chi connectivity index (χ0n) is 9.61. The Bertz CT molecular complexity index is 594. The molecule has 0 radical (unpaired) electrons. The van der Waals surface area contributed by atoms with Crippen LogP contribution in [0, 0.1) is 0 Å². The second-order valence-electron chi connectivity index (χ2n) is 4.45. The average Bonchev–Trinajstić information content (AvgIpc) is 2.71. The molecule has 1 aromatic heterocycles. The summed E-state index contributed by atoms with van der Waals surface area (Å²) in [7, 11) is 0. The molecule has 0 saturated carbocycles. The molecule has 18 heavy (non-hydrogen) atoms. The van der Waals surface area contributed by atoms with Gasteiger partial charge in [0.25, 0.3) is 0 Å². The molecule has 2 N–H and O–H groups in total. The highest BCUT2D eigenvalue weighted by Crippen LogP contribution is 2.35. The number of hydrogen-bond donors (Lipinski definition) is 1. The van der Waals surface area contributed by atoms with Gasteiger partial charge in [-0.15, -0.1) is 5.10 Å². The number of benzene rings is 1. The smallest absolute Gasteiger partial charge is 0.239 e. The van der Waals surface area contributed by atoms with Crippen molar-refractivity contribution in [1.82, 2.24) is 14.8 Å². The zero-order valence-corrected chi connectivity index (χ0v) is 11.1. The lowest BCUT2D eigenvalue weighted by Crippen LogP contribution is -2.20. The Hall–Kier alpha value is -1.26. The van der Waals surface area contributed by atoms with Crippen LogP contribution in [0.15, 0.2) is 18.2 Å². The van der Waals surface area contributed by atoms with Crippen LogP contribution in [0.5, 0.6) is 0 Å². The number of aryl methyl sites for hydroxylation is 1. The van der Waals surface area contributed by atoms with Crippen molar-refractivity contribution in [1.29, 1.82) is 0 Å². The van der Waals surface area contributed by atoms with Crippen LogP contribution in [0.2, 0.25) is 10.0 Å². The Labute approximate surface area is 115 Å². The molecule has 94 valence electrons. The van der Waals surface area contributed by atoms with Gasteiger partial charge in [0, 0.05) is 12.3 Å². The predicted octanol–water partition coefficient (Wildman–Crippen LogP) is 2.90. The van der Waals surface area contributed by atoms with Gasteiger partial charge in [-0.25, -0.2) is 4.68 Å². The fourth-order valence-corrected chi connectivity index (χ4v) is 2.88. The molecule has 0 aliphatic carbocycles. The lowest BCUT2D eigenvalue weighted by atomic mass is 9.92. The first-order valence-corrected chi connectivity index (χ1v) is 6.54. The minimum Gasteiger partial charge on any atom is -0.366 e. The molecule has 6 heteroatoms. The molecule has 1 aliphatic rings. The summed E-state index contributed by atoms with van der Waals surface area (Å²) < 4.78 is 1.86. The third-order valence-corrected chi connectivity index (χ3v) is 4.13. The first-order valence-electron chi connectivity index (χ1n) is 5.78. The Kier molecular flexibility index (Phi) is 2.92. The van der Waals surface area contributed by atoms with Crippen LogP contribution in [0.1, 0.15) is 23.7 Å². The van der Waals surface area contributed by atoms with Crippen LogP contribution in [0.3, 0.4) is 0 Å². The minimum absolute atomic E-state index is 0.310. The molecule has 0 saturated heterocycles. The van der Waals surface area contributed by atoms with E-state index in [4.69, 9.17) is 28.9 Å². The van der Waals surface area contributed by atoms with Gasteiger partial charge in [-0.05, 0) is 18.1 Å². The summed E-state index contributed by atoms with van der Waals surface area (Å²) in [6.07, 6.45) is 1.84. The fourth-order valence-electron chi connectivity index (χ4n) is 2.42. The summed E-state index contributed by atoms with van der Waals surface area (Å²) in [6, 6.07) is 5.74. The number of hydrogen-bond acceptors (Lipinski definition) is 3. The van der Waals surface area contributed by atoms with Crippen molar-refractivity contribution >= 4 is 29.2 Å². The van der Waals surface area contributed by atoms with Crippen LogP contribution in [-0.2, 0) is 13.0 Å². The number of rotatable bonds is 1. The number of halogens is 2. The number of anilines is 1. The molecule has 2 aromatic rings. The standard InChI is InChI=1S/C12H12Cl2N4/c13-9-3-1-2-8(11(9)14)7-4-5-10-16-12(15)17-18(10)6-7/h1-3,7H,4-6H2,(H2,15,17). The number of nitrogen functional groups attached to an aromatic ring is 1. The van der Waals surface area contributed by atoms with E-state index >= 15 is 0 Å². The van der Waals surface area contributed by atoms with Gasteiger partial charge in [0.05, 0.1) is 16.6 Å². The van der Waals surface area contributed by atoms with Gasteiger partial charge in [0.2, 0.25) is 5.95 Å². The molecule has 3 rings (SSSR count). The lowest BCUT2D eigenvalue weighted by molar-refractivity contribution is 0.424. The van der Waals surface area contributed by atoms with Crippen LogP contribution in [-0.4, -0.2) is 14.8 Å². The maximum Gasteiger partial charge on any atom is 0.239 e. The van der Waals surface area contributed by atoms with Crippen molar-refractivity contribution in [3.05, 3.63) is 39.6 Å². The minimum atomic E-state index is 0.310. The fraction of sp³-hybridized carbons (Fsp3) is 0.333. The van der Waals surface area contributed by atoms with Crippen LogP contribution < -0.4 is 5.73 Å². The Morgan fingerprint density at radius 3 is 3.00 bits per heavy atom. The summed E-state index contributed by atoms with van der Waals surface area (Å²) in [5.74, 6) is 1.59. The van der Waals surface area contributed by atoms with Gasteiger partial charge in [-0.3, -0.25) is 0 Å². The molecule has 1 aromatic carbocycles. The number of nitrogens with zero attached hydrogens (tertiary/aromatic N) is 3. The summed E-state index contributed by atoms with van der Waals surface area (Å²) in [5.41, 5.74) is 6.68. The molecule has 4 nitrogen and oxygen atoms in total. The van der Waals surface area contributed by atoms with Crippen molar-refractivity contribution in [3.63, 3.8) is 0 Å². The highest BCUT2D eigenvalue weighted by Gasteiger charge is 2.24. The topological polar surface area (TPSA) is 56.7 Å².